The fourth-order valence-electron chi connectivity index (χ4n) is 5.01. The van der Waals surface area contributed by atoms with Crippen LogP contribution in [-0.4, -0.2) is 35.8 Å². The molecular formula is C26H31N5O3SSi. The molecule has 1 aromatic heterocycles. The molecule has 0 aliphatic carbocycles. The van der Waals surface area contributed by atoms with Crippen LogP contribution in [0.5, 0.6) is 0 Å². The van der Waals surface area contributed by atoms with Gasteiger partial charge in [0.25, 0.3) is 13.9 Å². The van der Waals surface area contributed by atoms with Gasteiger partial charge in [0.2, 0.25) is 0 Å². The van der Waals surface area contributed by atoms with Crippen LogP contribution in [0.3, 0.4) is 0 Å². The van der Waals surface area contributed by atoms with Gasteiger partial charge < -0.3 is 4.43 Å². The summed E-state index contributed by atoms with van der Waals surface area (Å²) in [5.74, 6) is 0. The number of H-pyrrole nitrogens is 1. The van der Waals surface area contributed by atoms with Gasteiger partial charge in [0.05, 0.1) is 11.4 Å². The molecule has 8 nitrogen and oxygen atoms in total. The Labute approximate surface area is 215 Å². The normalized spacial score (nSPS) is 20.2. The van der Waals surface area contributed by atoms with Gasteiger partial charge in [-0.15, -0.1) is 11.8 Å². The molecule has 4 rings (SSSR count). The van der Waals surface area contributed by atoms with E-state index in [4.69, 9.17) is 4.43 Å². The molecule has 2 aromatic carbocycles. The molecule has 1 aliphatic heterocycles. The number of azide groups is 1. The van der Waals surface area contributed by atoms with E-state index >= 15 is 0 Å². The minimum Gasteiger partial charge on any atom is -0.406 e. The van der Waals surface area contributed by atoms with Crippen molar-refractivity contribution in [3.63, 3.8) is 0 Å². The van der Waals surface area contributed by atoms with Gasteiger partial charge in [-0.25, -0.2) is 4.79 Å². The molecule has 1 saturated heterocycles. The van der Waals surface area contributed by atoms with Gasteiger partial charge in [-0.1, -0.05) is 86.5 Å². The lowest BCUT2D eigenvalue weighted by Crippen LogP contribution is -2.67. The Kier molecular flexibility index (Phi) is 7.61. The van der Waals surface area contributed by atoms with Gasteiger partial charge in [-0.3, -0.25) is 14.3 Å². The zero-order chi connectivity index (χ0) is 25.9. The third kappa shape index (κ3) is 4.94. The second-order valence-corrected chi connectivity index (χ2v) is 15.8. The summed E-state index contributed by atoms with van der Waals surface area (Å²) in [6, 6.07) is 20.4. The monoisotopic (exact) mass is 521 g/mol. The van der Waals surface area contributed by atoms with Gasteiger partial charge in [0, 0.05) is 28.5 Å². The van der Waals surface area contributed by atoms with Crippen LogP contribution < -0.4 is 21.6 Å². The number of aromatic amines is 1. The molecule has 1 aliphatic rings. The van der Waals surface area contributed by atoms with E-state index in [2.05, 4.69) is 84.3 Å². The summed E-state index contributed by atoms with van der Waals surface area (Å²) in [5, 5.41) is 5.82. The summed E-state index contributed by atoms with van der Waals surface area (Å²) in [4.78, 5) is 29.9. The molecule has 1 unspecified atom stereocenters. The van der Waals surface area contributed by atoms with Crippen molar-refractivity contribution in [3.05, 3.63) is 104 Å². The Bertz CT molecular complexity index is 1320. The standard InChI is InChI=1S/C26H31N5O3SSi/c1-18-16-31(25(33)28-23(18)32)24-22(29-30-27)15-19(35-24)17-34-36(26(2,3)4,20-11-7-5-8-12-20)21-13-9-6-10-14-21/h5-14,16,19,22,24H,15,17H2,1-4H3,(H,28,32,33)/t19-,22-,24?/m0/s1. The lowest BCUT2D eigenvalue weighted by Gasteiger charge is -2.43. The molecule has 0 saturated carbocycles. The van der Waals surface area contributed by atoms with Crippen molar-refractivity contribution in [1.29, 1.82) is 0 Å². The van der Waals surface area contributed by atoms with E-state index < -0.39 is 31.0 Å². The molecule has 0 spiro atoms. The Balaban J connectivity index is 1.69. The van der Waals surface area contributed by atoms with Crippen LogP contribution in [-0.2, 0) is 4.43 Å². The number of aryl methyl sites for hydroxylation is 1. The van der Waals surface area contributed by atoms with Crippen molar-refractivity contribution >= 4 is 30.5 Å². The lowest BCUT2D eigenvalue weighted by atomic mass is 10.1. The Morgan fingerprint density at radius 2 is 1.69 bits per heavy atom. The van der Waals surface area contributed by atoms with Crippen molar-refractivity contribution < 1.29 is 4.43 Å². The summed E-state index contributed by atoms with van der Waals surface area (Å²) < 4.78 is 8.55. The zero-order valence-electron chi connectivity index (χ0n) is 20.9. The van der Waals surface area contributed by atoms with E-state index in [1.165, 1.54) is 14.9 Å². The highest BCUT2D eigenvalue weighted by molar-refractivity contribution is 8.00. The molecule has 188 valence electrons. The molecule has 3 aromatic rings. The summed E-state index contributed by atoms with van der Waals surface area (Å²) >= 11 is 1.56. The number of nitrogens with zero attached hydrogens (tertiary/aromatic N) is 4. The van der Waals surface area contributed by atoms with Gasteiger partial charge in [0.1, 0.15) is 0 Å². The van der Waals surface area contributed by atoms with Crippen molar-refractivity contribution in [3.8, 4) is 0 Å². The number of aromatic nitrogens is 2. The van der Waals surface area contributed by atoms with Crippen LogP contribution in [0.4, 0.5) is 0 Å². The van der Waals surface area contributed by atoms with Gasteiger partial charge in [-0.2, -0.15) is 0 Å². The van der Waals surface area contributed by atoms with Crippen LogP contribution in [0.2, 0.25) is 5.04 Å². The minimum absolute atomic E-state index is 0.00582. The molecular weight excluding hydrogens is 490 g/mol. The lowest BCUT2D eigenvalue weighted by molar-refractivity contribution is 0.292. The highest BCUT2D eigenvalue weighted by Gasteiger charge is 2.51. The molecule has 0 radical (unpaired) electrons. The smallest absolute Gasteiger partial charge is 0.329 e. The van der Waals surface area contributed by atoms with E-state index in [1.54, 1.807) is 24.9 Å². The van der Waals surface area contributed by atoms with E-state index in [-0.39, 0.29) is 10.3 Å². The number of nitrogens with one attached hydrogen (secondary N) is 1. The van der Waals surface area contributed by atoms with E-state index in [1.807, 2.05) is 12.1 Å². The molecule has 36 heavy (non-hydrogen) atoms. The molecule has 2 heterocycles. The SMILES string of the molecule is Cc1cn(C2S[C@H](CO[Si](c3ccccc3)(c3ccccc3)C(C)(C)C)C[C@@H]2N=[N+]=[N-])c(=O)[nH]c1=O. The zero-order valence-corrected chi connectivity index (χ0v) is 22.7. The summed E-state index contributed by atoms with van der Waals surface area (Å²) in [6.45, 7) is 8.79. The predicted octanol–water partition coefficient (Wildman–Crippen LogP) is 4.10. The van der Waals surface area contributed by atoms with Crippen LogP contribution in [0.15, 0.2) is 81.6 Å². The average Bonchev–Trinajstić information content (AvgIpc) is 3.25. The summed E-state index contributed by atoms with van der Waals surface area (Å²) in [6.07, 6.45) is 2.12. The Morgan fingerprint density at radius 3 is 2.22 bits per heavy atom. The number of hydrogen-bond donors (Lipinski definition) is 1. The quantitative estimate of drug-likeness (QED) is 0.218. The first-order valence-electron chi connectivity index (χ1n) is 11.9. The van der Waals surface area contributed by atoms with Crippen molar-refractivity contribution in [2.45, 2.75) is 55.8 Å². The minimum atomic E-state index is -2.72. The second kappa shape index (κ2) is 10.5. The number of benzene rings is 2. The first-order valence-corrected chi connectivity index (χ1v) is 14.8. The molecule has 10 heteroatoms. The second-order valence-electron chi connectivity index (χ2n) is 10.1. The molecule has 1 fully saturated rings. The average molecular weight is 522 g/mol. The Morgan fingerprint density at radius 1 is 1.11 bits per heavy atom. The van der Waals surface area contributed by atoms with Crippen LogP contribution in [0.1, 0.15) is 38.1 Å². The molecule has 1 N–H and O–H groups in total. The summed E-state index contributed by atoms with van der Waals surface area (Å²) in [5.41, 5.74) is 8.70. The maximum atomic E-state index is 12.6. The third-order valence-corrected chi connectivity index (χ3v) is 13.2. The van der Waals surface area contributed by atoms with E-state index in [9.17, 15) is 15.1 Å². The number of hydrogen-bond acceptors (Lipinski definition) is 5. The molecule has 0 amide bonds. The maximum Gasteiger partial charge on any atom is 0.329 e. The van der Waals surface area contributed by atoms with Crippen LogP contribution in [0.25, 0.3) is 10.4 Å². The Hall–Kier alpha value is -3.04. The molecule has 0 bridgehead atoms. The first-order chi connectivity index (χ1) is 17.2. The number of thioether (sulfide) groups is 1. The van der Waals surface area contributed by atoms with E-state index in [0.717, 1.165) is 0 Å². The fourth-order valence-corrected chi connectivity index (χ4v) is 11.2. The van der Waals surface area contributed by atoms with E-state index in [0.29, 0.717) is 18.6 Å². The highest BCUT2D eigenvalue weighted by Crippen LogP contribution is 2.44. The van der Waals surface area contributed by atoms with Crippen LogP contribution in [0, 0.1) is 6.92 Å². The van der Waals surface area contributed by atoms with Crippen LogP contribution >= 0.6 is 11.8 Å². The molecule has 3 atom stereocenters. The first kappa shape index (κ1) is 26.0. The largest absolute Gasteiger partial charge is 0.406 e. The number of rotatable bonds is 7. The van der Waals surface area contributed by atoms with Gasteiger partial charge >= 0.3 is 5.69 Å². The topological polar surface area (TPSA) is 113 Å². The van der Waals surface area contributed by atoms with Gasteiger partial charge in [-0.05, 0) is 34.3 Å². The third-order valence-electron chi connectivity index (χ3n) is 6.69. The highest BCUT2D eigenvalue weighted by atomic mass is 32.2. The summed E-state index contributed by atoms with van der Waals surface area (Å²) in [7, 11) is -2.72. The van der Waals surface area contributed by atoms with Crippen molar-refractivity contribution in [1.82, 2.24) is 9.55 Å². The van der Waals surface area contributed by atoms with Crippen molar-refractivity contribution in [2.75, 3.05) is 6.61 Å². The predicted molar refractivity (Wildman–Crippen MR) is 148 cm³/mol. The maximum absolute atomic E-state index is 12.6. The fraction of sp³-hybridized carbons (Fsp3) is 0.385. The van der Waals surface area contributed by atoms with Gasteiger partial charge in [0.15, 0.2) is 0 Å². The van der Waals surface area contributed by atoms with Crippen molar-refractivity contribution in [2.24, 2.45) is 5.11 Å².